The van der Waals surface area contributed by atoms with Gasteiger partial charge in [-0.3, -0.25) is 9.59 Å². The van der Waals surface area contributed by atoms with Gasteiger partial charge in [0.2, 0.25) is 5.91 Å². The number of hydrogen-bond acceptors (Lipinski definition) is 3. The number of ether oxygens (including phenoxy) is 1. The standard InChI is InChI=1S/C7H11NO3/c8-6(9)5-3-1-2-4-11-7(5)10/h5H,1-4H2,(H2,8,9)/t5-/m1/s1. The van der Waals surface area contributed by atoms with Crippen LogP contribution in [0.4, 0.5) is 0 Å². The summed E-state index contributed by atoms with van der Waals surface area (Å²) in [6.45, 7) is 0.419. The van der Waals surface area contributed by atoms with E-state index in [1.807, 2.05) is 0 Å². The van der Waals surface area contributed by atoms with E-state index in [9.17, 15) is 9.59 Å². The normalized spacial score (nSPS) is 25.5. The van der Waals surface area contributed by atoms with Crippen LogP contribution in [0.25, 0.3) is 0 Å². The molecule has 0 radical (unpaired) electrons. The molecule has 1 heterocycles. The molecule has 62 valence electrons. The zero-order valence-electron chi connectivity index (χ0n) is 6.21. The van der Waals surface area contributed by atoms with E-state index in [0.717, 1.165) is 12.8 Å². The molecule has 1 fully saturated rings. The van der Waals surface area contributed by atoms with E-state index in [1.165, 1.54) is 0 Å². The van der Waals surface area contributed by atoms with Gasteiger partial charge in [-0.25, -0.2) is 0 Å². The molecule has 0 aromatic carbocycles. The Morgan fingerprint density at radius 3 is 2.91 bits per heavy atom. The molecule has 0 aromatic heterocycles. The van der Waals surface area contributed by atoms with E-state index in [4.69, 9.17) is 10.5 Å². The number of primary amides is 1. The first-order valence-electron chi connectivity index (χ1n) is 3.68. The summed E-state index contributed by atoms with van der Waals surface area (Å²) in [5.74, 6) is -1.75. The second kappa shape index (κ2) is 3.37. The Balaban J connectivity index is 2.59. The van der Waals surface area contributed by atoms with Crippen LogP contribution in [0, 0.1) is 5.92 Å². The Morgan fingerprint density at radius 1 is 1.55 bits per heavy atom. The predicted molar refractivity (Wildman–Crippen MR) is 37.5 cm³/mol. The molecule has 1 amide bonds. The fourth-order valence-corrected chi connectivity index (χ4v) is 1.10. The molecule has 1 atom stereocenters. The highest BCUT2D eigenvalue weighted by atomic mass is 16.5. The van der Waals surface area contributed by atoms with Crippen molar-refractivity contribution in [2.45, 2.75) is 19.3 Å². The van der Waals surface area contributed by atoms with Gasteiger partial charge in [0.25, 0.3) is 0 Å². The Kier molecular flexibility index (Phi) is 2.46. The zero-order valence-corrected chi connectivity index (χ0v) is 6.21. The molecule has 1 aliphatic rings. The first-order valence-corrected chi connectivity index (χ1v) is 3.68. The highest BCUT2D eigenvalue weighted by Crippen LogP contribution is 2.14. The summed E-state index contributed by atoms with van der Waals surface area (Å²) in [6, 6.07) is 0. The Labute approximate surface area is 64.7 Å². The maximum atomic E-state index is 10.9. The van der Waals surface area contributed by atoms with Crippen molar-refractivity contribution < 1.29 is 14.3 Å². The fourth-order valence-electron chi connectivity index (χ4n) is 1.10. The Hall–Kier alpha value is -1.06. The lowest BCUT2D eigenvalue weighted by atomic mass is 10.0. The number of rotatable bonds is 1. The summed E-state index contributed by atoms with van der Waals surface area (Å²) < 4.78 is 4.74. The van der Waals surface area contributed by atoms with Gasteiger partial charge in [0, 0.05) is 0 Å². The van der Waals surface area contributed by atoms with Gasteiger partial charge >= 0.3 is 5.97 Å². The Morgan fingerprint density at radius 2 is 2.27 bits per heavy atom. The lowest BCUT2D eigenvalue weighted by molar-refractivity contribution is -0.150. The van der Waals surface area contributed by atoms with Crippen molar-refractivity contribution in [3.05, 3.63) is 0 Å². The number of carbonyl (C=O) groups excluding carboxylic acids is 2. The third kappa shape index (κ3) is 1.93. The van der Waals surface area contributed by atoms with Gasteiger partial charge < -0.3 is 10.5 Å². The summed E-state index contributed by atoms with van der Waals surface area (Å²) in [7, 11) is 0. The van der Waals surface area contributed by atoms with Crippen molar-refractivity contribution in [3.8, 4) is 0 Å². The minimum absolute atomic E-state index is 0.419. The second-order valence-corrected chi connectivity index (χ2v) is 2.62. The highest BCUT2D eigenvalue weighted by Gasteiger charge is 2.27. The molecular formula is C7H11NO3. The molecule has 1 rings (SSSR count). The number of amides is 1. The lowest BCUT2D eigenvalue weighted by Crippen LogP contribution is -2.30. The maximum absolute atomic E-state index is 10.9. The number of nitrogens with two attached hydrogens (primary N) is 1. The molecular weight excluding hydrogens is 146 g/mol. The molecule has 0 aromatic rings. The zero-order chi connectivity index (χ0) is 8.27. The third-order valence-corrected chi connectivity index (χ3v) is 1.76. The van der Waals surface area contributed by atoms with Crippen LogP contribution in [0.1, 0.15) is 19.3 Å². The van der Waals surface area contributed by atoms with Crippen molar-refractivity contribution in [2.24, 2.45) is 11.7 Å². The summed E-state index contributed by atoms with van der Waals surface area (Å²) in [4.78, 5) is 21.6. The van der Waals surface area contributed by atoms with Crippen LogP contribution in [-0.4, -0.2) is 18.5 Å². The smallest absolute Gasteiger partial charge is 0.318 e. The van der Waals surface area contributed by atoms with Gasteiger partial charge in [-0.2, -0.15) is 0 Å². The number of carbonyl (C=O) groups is 2. The number of hydrogen-bond donors (Lipinski definition) is 1. The van der Waals surface area contributed by atoms with Crippen LogP contribution in [0.5, 0.6) is 0 Å². The largest absolute Gasteiger partial charge is 0.465 e. The first-order chi connectivity index (χ1) is 5.22. The van der Waals surface area contributed by atoms with Gasteiger partial charge in [0.1, 0.15) is 5.92 Å². The van der Waals surface area contributed by atoms with Crippen molar-refractivity contribution in [3.63, 3.8) is 0 Å². The van der Waals surface area contributed by atoms with Crippen molar-refractivity contribution in [1.29, 1.82) is 0 Å². The summed E-state index contributed by atoms with van der Waals surface area (Å²) in [5, 5.41) is 0. The molecule has 4 heteroatoms. The highest BCUT2D eigenvalue weighted by molar-refractivity contribution is 5.96. The summed E-state index contributed by atoms with van der Waals surface area (Å²) in [6.07, 6.45) is 2.20. The van der Waals surface area contributed by atoms with Crippen molar-refractivity contribution in [1.82, 2.24) is 0 Å². The molecule has 0 bridgehead atoms. The van der Waals surface area contributed by atoms with Crippen LogP contribution >= 0.6 is 0 Å². The average molecular weight is 157 g/mol. The molecule has 0 unspecified atom stereocenters. The molecule has 1 aliphatic heterocycles. The average Bonchev–Trinajstić information content (AvgIpc) is 2.13. The van der Waals surface area contributed by atoms with Crippen LogP contribution in [0.3, 0.4) is 0 Å². The quantitative estimate of drug-likeness (QED) is 0.424. The van der Waals surface area contributed by atoms with Gasteiger partial charge in [0.05, 0.1) is 6.61 Å². The lowest BCUT2D eigenvalue weighted by Gasteiger charge is -2.05. The van der Waals surface area contributed by atoms with E-state index in [2.05, 4.69) is 0 Å². The van der Waals surface area contributed by atoms with Gasteiger partial charge in [-0.15, -0.1) is 0 Å². The monoisotopic (exact) mass is 157 g/mol. The van der Waals surface area contributed by atoms with Gasteiger partial charge in [0.15, 0.2) is 0 Å². The minimum Gasteiger partial charge on any atom is -0.465 e. The SMILES string of the molecule is NC(=O)[C@H]1CCCCOC1=O. The van der Waals surface area contributed by atoms with Gasteiger partial charge in [-0.05, 0) is 19.3 Å². The third-order valence-electron chi connectivity index (χ3n) is 1.76. The van der Waals surface area contributed by atoms with Crippen molar-refractivity contribution >= 4 is 11.9 Å². The fraction of sp³-hybridized carbons (Fsp3) is 0.714. The number of cyclic esters (lactones) is 1. The van der Waals surface area contributed by atoms with E-state index < -0.39 is 17.8 Å². The number of esters is 1. The predicted octanol–water partition coefficient (Wildman–Crippen LogP) is -0.185. The van der Waals surface area contributed by atoms with E-state index >= 15 is 0 Å². The molecule has 0 aliphatic carbocycles. The molecule has 4 nitrogen and oxygen atoms in total. The molecule has 1 saturated heterocycles. The Bertz CT molecular complexity index is 179. The van der Waals surface area contributed by atoms with Crippen LogP contribution in [-0.2, 0) is 14.3 Å². The van der Waals surface area contributed by atoms with Crippen LogP contribution in [0.2, 0.25) is 0 Å². The van der Waals surface area contributed by atoms with Crippen LogP contribution in [0.15, 0.2) is 0 Å². The van der Waals surface area contributed by atoms with E-state index in [-0.39, 0.29) is 0 Å². The molecule has 0 spiro atoms. The first kappa shape index (κ1) is 8.04. The van der Waals surface area contributed by atoms with E-state index in [0.29, 0.717) is 13.0 Å². The van der Waals surface area contributed by atoms with Gasteiger partial charge in [-0.1, -0.05) is 0 Å². The molecule has 2 N–H and O–H groups in total. The van der Waals surface area contributed by atoms with Crippen molar-refractivity contribution in [2.75, 3.05) is 6.61 Å². The summed E-state index contributed by atoms with van der Waals surface area (Å²) >= 11 is 0. The minimum atomic E-state index is -0.711. The van der Waals surface area contributed by atoms with Crippen LogP contribution < -0.4 is 5.73 Å². The topological polar surface area (TPSA) is 69.4 Å². The molecule has 0 saturated carbocycles. The van der Waals surface area contributed by atoms with E-state index in [1.54, 1.807) is 0 Å². The maximum Gasteiger partial charge on any atom is 0.318 e. The second-order valence-electron chi connectivity index (χ2n) is 2.62. The summed E-state index contributed by atoms with van der Waals surface area (Å²) in [5.41, 5.74) is 4.99. The molecule has 11 heavy (non-hydrogen) atoms.